The van der Waals surface area contributed by atoms with Gasteiger partial charge in [0, 0.05) is 6.92 Å². The molecule has 0 aliphatic carbocycles. The molecule has 0 N–H and O–H groups in total. The van der Waals surface area contributed by atoms with Crippen LogP contribution in [0.1, 0.15) is 26.7 Å². The van der Waals surface area contributed by atoms with Gasteiger partial charge in [-0.2, -0.15) is 0 Å². The second-order valence-corrected chi connectivity index (χ2v) is 2.76. The molecule has 0 aliphatic rings. The molecule has 0 heterocycles. The molecule has 1 unspecified atom stereocenters. The third-order valence-electron chi connectivity index (χ3n) is 1.80. The van der Waals surface area contributed by atoms with Crippen LogP contribution >= 0.6 is 0 Å². The van der Waals surface area contributed by atoms with E-state index in [2.05, 4.69) is 4.74 Å². The van der Waals surface area contributed by atoms with E-state index in [0.717, 1.165) is 0 Å². The van der Waals surface area contributed by atoms with Crippen LogP contribution in [0.2, 0.25) is 0 Å². The van der Waals surface area contributed by atoms with Crippen molar-refractivity contribution in [2.75, 3.05) is 13.7 Å². The standard InChI is InChI=1S/C9H16O4/c1-4-8(9(11)12-3)5-6-13-7(2)10/h8H,4-6H2,1-3H3. The van der Waals surface area contributed by atoms with Gasteiger partial charge < -0.3 is 9.47 Å². The van der Waals surface area contributed by atoms with E-state index >= 15 is 0 Å². The number of hydrogen-bond donors (Lipinski definition) is 0. The SMILES string of the molecule is CCC(CCOC(C)=O)C(=O)OC. The van der Waals surface area contributed by atoms with Gasteiger partial charge in [0.15, 0.2) is 0 Å². The Morgan fingerprint density at radius 1 is 1.38 bits per heavy atom. The Bertz CT molecular complexity index is 176. The first-order chi connectivity index (χ1) is 6.11. The number of methoxy groups -OCH3 is 1. The lowest BCUT2D eigenvalue weighted by molar-refractivity contribution is -0.148. The maximum absolute atomic E-state index is 11.1. The second kappa shape index (κ2) is 6.46. The fourth-order valence-electron chi connectivity index (χ4n) is 1.00. The highest BCUT2D eigenvalue weighted by Crippen LogP contribution is 2.09. The second-order valence-electron chi connectivity index (χ2n) is 2.76. The summed E-state index contributed by atoms with van der Waals surface area (Å²) in [6.07, 6.45) is 1.23. The van der Waals surface area contributed by atoms with E-state index in [1.54, 1.807) is 0 Å². The molecule has 0 bridgehead atoms. The highest BCUT2D eigenvalue weighted by atomic mass is 16.5. The largest absolute Gasteiger partial charge is 0.469 e. The van der Waals surface area contributed by atoms with E-state index < -0.39 is 0 Å². The average Bonchev–Trinajstić information content (AvgIpc) is 2.11. The molecule has 13 heavy (non-hydrogen) atoms. The molecule has 0 aromatic heterocycles. The zero-order chi connectivity index (χ0) is 10.3. The van der Waals surface area contributed by atoms with Crippen molar-refractivity contribution in [3.8, 4) is 0 Å². The lowest BCUT2D eigenvalue weighted by Crippen LogP contribution is -2.18. The van der Waals surface area contributed by atoms with Crippen molar-refractivity contribution in [3.05, 3.63) is 0 Å². The van der Waals surface area contributed by atoms with Crippen molar-refractivity contribution >= 4 is 11.9 Å². The van der Waals surface area contributed by atoms with Crippen LogP contribution in [-0.4, -0.2) is 25.7 Å². The summed E-state index contributed by atoms with van der Waals surface area (Å²) in [5.41, 5.74) is 0. The van der Waals surface area contributed by atoms with Gasteiger partial charge in [0.25, 0.3) is 0 Å². The lowest BCUT2D eigenvalue weighted by Gasteiger charge is -2.11. The van der Waals surface area contributed by atoms with Gasteiger partial charge in [-0.05, 0) is 12.8 Å². The van der Waals surface area contributed by atoms with Crippen LogP contribution in [-0.2, 0) is 19.1 Å². The maximum Gasteiger partial charge on any atom is 0.308 e. The lowest BCUT2D eigenvalue weighted by atomic mass is 10.0. The van der Waals surface area contributed by atoms with Crippen LogP contribution in [0, 0.1) is 5.92 Å². The van der Waals surface area contributed by atoms with Crippen LogP contribution in [0.5, 0.6) is 0 Å². The summed E-state index contributed by atoms with van der Waals surface area (Å²) >= 11 is 0. The Kier molecular flexibility index (Phi) is 5.93. The molecular weight excluding hydrogens is 172 g/mol. The van der Waals surface area contributed by atoms with Crippen molar-refractivity contribution < 1.29 is 19.1 Å². The van der Waals surface area contributed by atoms with Crippen LogP contribution in [0.25, 0.3) is 0 Å². The molecule has 0 radical (unpaired) electrons. The highest BCUT2D eigenvalue weighted by Gasteiger charge is 2.16. The summed E-state index contributed by atoms with van der Waals surface area (Å²) < 4.78 is 9.30. The van der Waals surface area contributed by atoms with E-state index in [1.807, 2.05) is 6.92 Å². The Labute approximate surface area is 78.2 Å². The Morgan fingerprint density at radius 2 is 2.00 bits per heavy atom. The van der Waals surface area contributed by atoms with Gasteiger partial charge in [-0.1, -0.05) is 6.92 Å². The predicted molar refractivity (Wildman–Crippen MR) is 47.0 cm³/mol. The average molecular weight is 188 g/mol. The molecule has 0 rings (SSSR count). The molecule has 1 atom stereocenters. The van der Waals surface area contributed by atoms with Crippen molar-refractivity contribution in [2.45, 2.75) is 26.7 Å². The quantitative estimate of drug-likeness (QED) is 0.607. The van der Waals surface area contributed by atoms with Gasteiger partial charge in [-0.25, -0.2) is 0 Å². The first-order valence-corrected chi connectivity index (χ1v) is 4.33. The molecule has 0 amide bonds. The molecule has 0 fully saturated rings. The molecule has 4 nitrogen and oxygen atoms in total. The first kappa shape index (κ1) is 11.9. The summed E-state index contributed by atoms with van der Waals surface area (Å²) in [6, 6.07) is 0. The van der Waals surface area contributed by atoms with Crippen molar-refractivity contribution in [3.63, 3.8) is 0 Å². The van der Waals surface area contributed by atoms with Gasteiger partial charge in [0.1, 0.15) is 0 Å². The van der Waals surface area contributed by atoms with Gasteiger partial charge in [0.2, 0.25) is 0 Å². The zero-order valence-electron chi connectivity index (χ0n) is 8.33. The summed E-state index contributed by atoms with van der Waals surface area (Å²) in [5, 5.41) is 0. The number of carbonyl (C=O) groups is 2. The molecule has 0 spiro atoms. The molecule has 0 saturated carbocycles. The summed E-state index contributed by atoms with van der Waals surface area (Å²) in [4.78, 5) is 21.5. The molecule has 76 valence electrons. The van der Waals surface area contributed by atoms with Gasteiger partial charge >= 0.3 is 11.9 Å². The number of rotatable bonds is 5. The summed E-state index contributed by atoms with van der Waals surface area (Å²) in [5.74, 6) is -0.723. The molecule has 0 aromatic carbocycles. The van der Waals surface area contributed by atoms with Crippen molar-refractivity contribution in [1.29, 1.82) is 0 Å². The number of ether oxygens (including phenoxy) is 2. The normalized spacial score (nSPS) is 11.9. The van der Waals surface area contributed by atoms with Crippen LogP contribution in [0.15, 0.2) is 0 Å². The minimum atomic E-state index is -0.320. The van der Waals surface area contributed by atoms with Crippen molar-refractivity contribution in [1.82, 2.24) is 0 Å². The van der Waals surface area contributed by atoms with Gasteiger partial charge in [-0.3, -0.25) is 9.59 Å². The van der Waals surface area contributed by atoms with Crippen LogP contribution in [0.4, 0.5) is 0 Å². The number of hydrogen-bond acceptors (Lipinski definition) is 4. The Balaban J connectivity index is 3.72. The minimum Gasteiger partial charge on any atom is -0.469 e. The zero-order valence-corrected chi connectivity index (χ0v) is 8.33. The van der Waals surface area contributed by atoms with E-state index in [0.29, 0.717) is 12.8 Å². The fourth-order valence-corrected chi connectivity index (χ4v) is 1.00. The molecular formula is C9H16O4. The van der Waals surface area contributed by atoms with E-state index in [-0.39, 0.29) is 24.5 Å². The topological polar surface area (TPSA) is 52.6 Å². The van der Waals surface area contributed by atoms with Gasteiger partial charge in [0.05, 0.1) is 19.6 Å². The van der Waals surface area contributed by atoms with Crippen LogP contribution < -0.4 is 0 Å². The Hall–Kier alpha value is -1.06. The third-order valence-corrected chi connectivity index (χ3v) is 1.80. The third kappa shape index (κ3) is 5.22. The van der Waals surface area contributed by atoms with E-state index in [9.17, 15) is 9.59 Å². The first-order valence-electron chi connectivity index (χ1n) is 4.33. The molecule has 4 heteroatoms. The molecule has 0 aliphatic heterocycles. The summed E-state index contributed by atoms with van der Waals surface area (Å²) in [6.45, 7) is 3.53. The van der Waals surface area contributed by atoms with Gasteiger partial charge in [-0.15, -0.1) is 0 Å². The maximum atomic E-state index is 11.1. The van der Waals surface area contributed by atoms with Crippen molar-refractivity contribution in [2.24, 2.45) is 5.92 Å². The van der Waals surface area contributed by atoms with E-state index in [4.69, 9.17) is 4.74 Å². The Morgan fingerprint density at radius 3 is 2.38 bits per heavy atom. The van der Waals surface area contributed by atoms with Crippen LogP contribution in [0.3, 0.4) is 0 Å². The minimum absolute atomic E-state index is 0.163. The number of carbonyl (C=O) groups excluding carboxylic acids is 2. The predicted octanol–water partition coefficient (Wildman–Crippen LogP) is 1.14. The fraction of sp³-hybridized carbons (Fsp3) is 0.778. The monoisotopic (exact) mass is 188 g/mol. The smallest absolute Gasteiger partial charge is 0.308 e. The molecule has 0 saturated heterocycles. The van der Waals surface area contributed by atoms with E-state index in [1.165, 1.54) is 14.0 Å². The summed E-state index contributed by atoms with van der Waals surface area (Å²) in [7, 11) is 1.36. The number of esters is 2. The highest BCUT2D eigenvalue weighted by molar-refractivity contribution is 5.72. The molecule has 0 aromatic rings.